The van der Waals surface area contributed by atoms with Crippen LogP contribution in [0.5, 0.6) is 0 Å². The number of likely N-dealkylation sites (tertiary alicyclic amines) is 1. The molecular weight excluding hydrogens is 664 g/mol. The van der Waals surface area contributed by atoms with E-state index in [4.69, 9.17) is 9.97 Å². The molecule has 0 saturated carbocycles. The first-order valence-corrected chi connectivity index (χ1v) is 17.3. The van der Waals surface area contributed by atoms with Gasteiger partial charge in [0.25, 0.3) is 0 Å². The minimum atomic E-state index is -0.650. The van der Waals surface area contributed by atoms with Crippen LogP contribution in [0.2, 0.25) is 0 Å². The second-order valence-corrected chi connectivity index (χ2v) is 12.8. The molecule has 1 atom stereocenters. The van der Waals surface area contributed by atoms with Crippen molar-refractivity contribution in [3.05, 3.63) is 72.3 Å². The molecule has 4 amide bonds. The molecule has 268 valence electrons. The Kier molecular flexibility index (Phi) is 9.61. The summed E-state index contributed by atoms with van der Waals surface area (Å²) in [5.74, 6) is 1.00. The van der Waals surface area contributed by atoms with E-state index in [0.717, 1.165) is 79.8 Å². The Bertz CT molecular complexity index is 2330. The predicted octanol–water partition coefficient (Wildman–Crippen LogP) is 5.53. The van der Waals surface area contributed by atoms with Crippen LogP contribution in [0.4, 0.5) is 9.59 Å². The van der Waals surface area contributed by atoms with Gasteiger partial charge in [0, 0.05) is 23.9 Å². The maximum absolute atomic E-state index is 12.9. The molecule has 1 saturated heterocycles. The number of hydrogen-bond acceptors (Lipinski definition) is 8. The molecule has 1 aliphatic rings. The molecule has 6 aromatic rings. The van der Waals surface area contributed by atoms with Crippen molar-refractivity contribution in [1.82, 2.24) is 40.4 Å². The molecule has 0 aliphatic carbocycles. The molecule has 1 aliphatic heterocycles. The van der Waals surface area contributed by atoms with E-state index in [0.29, 0.717) is 18.9 Å². The first-order valence-electron chi connectivity index (χ1n) is 17.3. The third-order valence-electron chi connectivity index (χ3n) is 9.56. The standard InChI is InChI=1S/C38H40N8O6/c1-4-15-45(32(47)19-39-37(49)51-2)21-31-41-28-13-9-24-17-22(7-11-26(24)34(28)43-31)23-8-12-27-25(18-23)10-14-29-35(27)44-36(42-29)30-6-5-16-46(30)33(48)20-40-38(50)52-3/h7-14,17-18,30H,4-6,15-16,19-21H2,1-3H3,(H,39,49)(H,40,50)(H,41,43)(H,42,44)/t30-/m0/s1. The number of benzene rings is 4. The Labute approximate surface area is 298 Å². The number of aromatic nitrogens is 4. The number of fused-ring (bicyclic) bond motifs is 6. The van der Waals surface area contributed by atoms with E-state index in [2.05, 4.69) is 78.6 Å². The van der Waals surface area contributed by atoms with Gasteiger partial charge in [0.05, 0.1) is 48.9 Å². The lowest BCUT2D eigenvalue weighted by atomic mass is 9.98. The smallest absolute Gasteiger partial charge is 0.407 e. The van der Waals surface area contributed by atoms with Crippen molar-refractivity contribution in [1.29, 1.82) is 0 Å². The summed E-state index contributed by atoms with van der Waals surface area (Å²) in [6.07, 6.45) is 1.11. The zero-order chi connectivity index (χ0) is 36.4. The van der Waals surface area contributed by atoms with E-state index in [1.807, 2.05) is 19.1 Å². The summed E-state index contributed by atoms with van der Waals surface area (Å²) in [4.78, 5) is 68.7. The minimum absolute atomic E-state index is 0.128. The molecule has 14 nitrogen and oxygen atoms in total. The van der Waals surface area contributed by atoms with Crippen LogP contribution in [0.15, 0.2) is 60.7 Å². The lowest BCUT2D eigenvalue weighted by Gasteiger charge is -2.23. The first-order chi connectivity index (χ1) is 25.3. The van der Waals surface area contributed by atoms with E-state index < -0.39 is 12.2 Å². The SMILES string of the molecule is CCCN(Cc1nc2ccc3cc(-c4ccc5c(ccc6nc([C@@H]7CCCN7C(=O)CNC(=O)OC)[nH]c65)c4)ccc3c2[nH]1)C(=O)CNC(=O)OC. The number of nitrogens with one attached hydrogen (secondary N) is 4. The average Bonchev–Trinajstić information content (AvgIpc) is 3.93. The molecule has 0 unspecified atom stereocenters. The fourth-order valence-electron chi connectivity index (χ4n) is 7.03. The summed E-state index contributed by atoms with van der Waals surface area (Å²) >= 11 is 0. The molecular formula is C38H40N8O6. The van der Waals surface area contributed by atoms with Crippen LogP contribution in [-0.4, -0.2) is 94.1 Å². The van der Waals surface area contributed by atoms with Gasteiger partial charge >= 0.3 is 12.2 Å². The lowest BCUT2D eigenvalue weighted by Crippen LogP contribution is -2.40. The fourth-order valence-corrected chi connectivity index (χ4v) is 7.03. The topological polar surface area (TPSA) is 175 Å². The number of carbonyl (C=O) groups is 4. The number of hydrogen-bond donors (Lipinski definition) is 4. The van der Waals surface area contributed by atoms with Crippen LogP contribution in [0.25, 0.3) is 54.7 Å². The zero-order valence-corrected chi connectivity index (χ0v) is 29.2. The molecule has 0 spiro atoms. The first kappa shape index (κ1) is 34.3. The number of amides is 4. The zero-order valence-electron chi connectivity index (χ0n) is 29.2. The van der Waals surface area contributed by atoms with Crippen molar-refractivity contribution >= 4 is 67.6 Å². The van der Waals surface area contributed by atoms with Gasteiger partial charge in [-0.05, 0) is 65.4 Å². The van der Waals surface area contributed by atoms with Crippen LogP contribution in [0, 0.1) is 0 Å². The molecule has 1 fully saturated rings. The highest BCUT2D eigenvalue weighted by molar-refractivity contribution is 6.07. The molecule has 4 N–H and O–H groups in total. The highest BCUT2D eigenvalue weighted by Crippen LogP contribution is 2.35. The summed E-state index contributed by atoms with van der Waals surface area (Å²) < 4.78 is 9.18. The number of carbonyl (C=O) groups excluding carboxylic acids is 4. The van der Waals surface area contributed by atoms with Gasteiger partial charge in [0.2, 0.25) is 11.8 Å². The third kappa shape index (κ3) is 6.78. The molecule has 14 heteroatoms. The van der Waals surface area contributed by atoms with E-state index in [9.17, 15) is 19.2 Å². The van der Waals surface area contributed by atoms with Crippen molar-refractivity contribution in [2.75, 3.05) is 40.4 Å². The lowest BCUT2D eigenvalue weighted by molar-refractivity contribution is -0.131. The van der Waals surface area contributed by atoms with Crippen LogP contribution in [-0.2, 0) is 25.6 Å². The quantitative estimate of drug-likeness (QED) is 0.144. The summed E-state index contributed by atoms with van der Waals surface area (Å²) in [5, 5.41) is 9.10. The number of nitrogens with zero attached hydrogens (tertiary/aromatic N) is 4. The Morgan fingerprint density at radius 2 is 1.44 bits per heavy atom. The highest BCUT2D eigenvalue weighted by Gasteiger charge is 2.32. The van der Waals surface area contributed by atoms with Gasteiger partial charge in [-0.2, -0.15) is 0 Å². The van der Waals surface area contributed by atoms with Crippen LogP contribution in [0.3, 0.4) is 0 Å². The summed E-state index contributed by atoms with van der Waals surface area (Å²) in [6, 6.07) is 20.6. The van der Waals surface area contributed by atoms with E-state index in [1.54, 1.807) is 9.80 Å². The number of alkyl carbamates (subject to hydrolysis) is 2. The summed E-state index contributed by atoms with van der Waals surface area (Å²) in [7, 11) is 2.53. The Balaban J connectivity index is 1.12. The van der Waals surface area contributed by atoms with Crippen LogP contribution >= 0.6 is 0 Å². The second kappa shape index (κ2) is 14.6. The van der Waals surface area contributed by atoms with Gasteiger partial charge in [-0.3, -0.25) is 9.59 Å². The molecule has 4 aromatic carbocycles. The van der Waals surface area contributed by atoms with Crippen molar-refractivity contribution in [2.45, 2.75) is 38.8 Å². The van der Waals surface area contributed by atoms with Gasteiger partial charge in [-0.25, -0.2) is 19.6 Å². The van der Waals surface area contributed by atoms with Crippen LogP contribution in [0.1, 0.15) is 43.9 Å². The van der Waals surface area contributed by atoms with Gasteiger partial charge in [0.1, 0.15) is 24.7 Å². The molecule has 52 heavy (non-hydrogen) atoms. The number of H-pyrrole nitrogens is 2. The Morgan fingerprint density at radius 3 is 2.08 bits per heavy atom. The third-order valence-corrected chi connectivity index (χ3v) is 9.56. The minimum Gasteiger partial charge on any atom is -0.453 e. The molecule has 3 heterocycles. The van der Waals surface area contributed by atoms with Crippen molar-refractivity contribution < 1.29 is 28.7 Å². The summed E-state index contributed by atoms with van der Waals surface area (Å²) in [6.45, 7) is 3.13. The van der Waals surface area contributed by atoms with Gasteiger partial charge in [0.15, 0.2) is 0 Å². The number of aromatic amines is 2. The maximum Gasteiger partial charge on any atom is 0.407 e. The Morgan fingerprint density at radius 1 is 0.827 bits per heavy atom. The fraction of sp³-hybridized carbons (Fsp3) is 0.316. The van der Waals surface area contributed by atoms with Gasteiger partial charge in [-0.1, -0.05) is 43.3 Å². The van der Waals surface area contributed by atoms with E-state index in [1.165, 1.54) is 14.2 Å². The molecule has 0 bridgehead atoms. The summed E-state index contributed by atoms with van der Waals surface area (Å²) in [5.41, 5.74) is 5.59. The van der Waals surface area contributed by atoms with Gasteiger partial charge < -0.3 is 39.9 Å². The number of ether oxygens (including phenoxy) is 2. The van der Waals surface area contributed by atoms with E-state index in [-0.39, 0.29) is 37.5 Å². The number of rotatable bonds is 10. The maximum atomic E-state index is 12.9. The molecule has 2 aromatic heterocycles. The average molecular weight is 705 g/mol. The predicted molar refractivity (Wildman–Crippen MR) is 196 cm³/mol. The number of imidazole rings is 2. The Hall–Kier alpha value is -6.18. The monoisotopic (exact) mass is 704 g/mol. The molecule has 0 radical (unpaired) electrons. The highest BCUT2D eigenvalue weighted by atomic mass is 16.5. The van der Waals surface area contributed by atoms with Crippen molar-refractivity contribution in [2.24, 2.45) is 0 Å². The largest absolute Gasteiger partial charge is 0.453 e. The van der Waals surface area contributed by atoms with Crippen molar-refractivity contribution in [3.63, 3.8) is 0 Å². The van der Waals surface area contributed by atoms with Crippen molar-refractivity contribution in [3.8, 4) is 11.1 Å². The second-order valence-electron chi connectivity index (χ2n) is 12.8. The molecule has 7 rings (SSSR count). The van der Waals surface area contributed by atoms with Gasteiger partial charge in [-0.15, -0.1) is 0 Å². The number of methoxy groups -OCH3 is 2. The van der Waals surface area contributed by atoms with Crippen LogP contribution < -0.4 is 10.6 Å². The normalized spacial score (nSPS) is 14.3. The van der Waals surface area contributed by atoms with E-state index >= 15 is 0 Å².